The summed E-state index contributed by atoms with van der Waals surface area (Å²) in [5.41, 5.74) is 5.02. The minimum atomic E-state index is 0.774. The number of fused-ring (bicyclic) bond motifs is 2. The number of nitrogens with one attached hydrogen (secondary N) is 1. The Morgan fingerprint density at radius 1 is 1.42 bits per heavy atom. The van der Waals surface area contributed by atoms with Crippen LogP contribution >= 0.6 is 11.6 Å². The van der Waals surface area contributed by atoms with Crippen molar-refractivity contribution >= 4 is 22.5 Å². The number of nitrogens with zero attached hydrogens (tertiary/aromatic N) is 2. The minimum absolute atomic E-state index is 0.774. The van der Waals surface area contributed by atoms with Crippen molar-refractivity contribution in [3.8, 4) is 0 Å². The lowest BCUT2D eigenvalue weighted by Gasteiger charge is -2.27. The zero-order valence-electron chi connectivity index (χ0n) is 11.3. The van der Waals surface area contributed by atoms with E-state index in [4.69, 9.17) is 16.6 Å². The highest BCUT2D eigenvalue weighted by atomic mass is 35.5. The van der Waals surface area contributed by atoms with Crippen LogP contribution in [0.1, 0.15) is 16.8 Å². The van der Waals surface area contributed by atoms with E-state index in [0.717, 1.165) is 36.6 Å². The Hall–Kier alpha value is -1.16. The molecule has 19 heavy (non-hydrogen) atoms. The molecule has 0 atom stereocenters. The number of hydrogen-bond acceptors (Lipinski definition) is 3. The monoisotopic (exact) mass is 275 g/mol. The van der Waals surface area contributed by atoms with Gasteiger partial charge in [0.05, 0.1) is 5.52 Å². The van der Waals surface area contributed by atoms with Gasteiger partial charge in [0.1, 0.15) is 0 Å². The number of benzene rings is 1. The molecule has 3 rings (SSSR count). The Labute approximate surface area is 118 Å². The second kappa shape index (κ2) is 5.08. The van der Waals surface area contributed by atoms with Gasteiger partial charge in [0.2, 0.25) is 0 Å². The molecule has 0 saturated carbocycles. The summed E-state index contributed by atoms with van der Waals surface area (Å²) in [5, 5.41) is 5.22. The van der Waals surface area contributed by atoms with E-state index in [2.05, 4.69) is 17.3 Å². The summed E-state index contributed by atoms with van der Waals surface area (Å²) >= 11 is 6.14. The van der Waals surface area contributed by atoms with Gasteiger partial charge in [-0.1, -0.05) is 11.6 Å². The molecule has 0 amide bonds. The molecule has 2 aromatic rings. The highest BCUT2D eigenvalue weighted by Gasteiger charge is 2.20. The van der Waals surface area contributed by atoms with E-state index in [9.17, 15) is 0 Å². The molecular weight excluding hydrogens is 258 g/mol. The summed E-state index contributed by atoms with van der Waals surface area (Å²) in [5.74, 6) is 0. The third-order valence-corrected chi connectivity index (χ3v) is 4.00. The van der Waals surface area contributed by atoms with E-state index in [1.807, 2.05) is 25.2 Å². The standard InChI is InChI=1S/C15H18ClN3/c1-17-8-12-11-7-10(16)3-4-14(11)18-15-5-6-19(2)9-13(12)15/h3-4,7,17H,5-6,8-9H2,1-2H3. The quantitative estimate of drug-likeness (QED) is 0.913. The molecule has 1 aliphatic rings. The molecule has 0 radical (unpaired) electrons. The van der Waals surface area contributed by atoms with Crippen molar-refractivity contribution in [1.82, 2.24) is 15.2 Å². The lowest BCUT2D eigenvalue weighted by molar-refractivity contribution is 0.309. The summed E-state index contributed by atoms with van der Waals surface area (Å²) in [6.07, 6.45) is 1.03. The highest BCUT2D eigenvalue weighted by Crippen LogP contribution is 2.29. The van der Waals surface area contributed by atoms with Crippen LogP contribution in [0, 0.1) is 0 Å². The topological polar surface area (TPSA) is 28.2 Å². The van der Waals surface area contributed by atoms with Gasteiger partial charge in [-0.2, -0.15) is 0 Å². The fourth-order valence-electron chi connectivity index (χ4n) is 2.81. The molecule has 3 nitrogen and oxygen atoms in total. The molecule has 0 aliphatic carbocycles. The van der Waals surface area contributed by atoms with Crippen LogP contribution in [0.15, 0.2) is 18.2 Å². The van der Waals surface area contributed by atoms with E-state index >= 15 is 0 Å². The first-order chi connectivity index (χ1) is 9.19. The van der Waals surface area contributed by atoms with Crippen LogP contribution in [-0.2, 0) is 19.5 Å². The van der Waals surface area contributed by atoms with Gasteiger partial charge in [-0.3, -0.25) is 4.98 Å². The fraction of sp³-hybridized carbons (Fsp3) is 0.400. The van der Waals surface area contributed by atoms with Gasteiger partial charge in [-0.05, 0) is 43.4 Å². The van der Waals surface area contributed by atoms with E-state index in [-0.39, 0.29) is 0 Å². The second-order valence-electron chi connectivity index (χ2n) is 5.20. The molecule has 1 aromatic heterocycles. The number of hydrogen-bond donors (Lipinski definition) is 1. The lowest BCUT2D eigenvalue weighted by Crippen LogP contribution is -2.29. The van der Waals surface area contributed by atoms with Crippen molar-refractivity contribution in [1.29, 1.82) is 0 Å². The Kier molecular flexibility index (Phi) is 3.44. The number of pyridine rings is 1. The molecule has 0 bridgehead atoms. The molecule has 1 N–H and O–H groups in total. The van der Waals surface area contributed by atoms with Gasteiger partial charge in [-0.15, -0.1) is 0 Å². The third kappa shape index (κ3) is 2.34. The zero-order valence-corrected chi connectivity index (χ0v) is 12.1. The molecule has 0 fully saturated rings. The van der Waals surface area contributed by atoms with E-state index in [1.54, 1.807) is 0 Å². The lowest BCUT2D eigenvalue weighted by atomic mass is 9.96. The second-order valence-corrected chi connectivity index (χ2v) is 5.63. The maximum absolute atomic E-state index is 6.14. The molecule has 1 aliphatic heterocycles. The largest absolute Gasteiger partial charge is 0.316 e. The maximum Gasteiger partial charge on any atom is 0.0709 e. The van der Waals surface area contributed by atoms with Gasteiger partial charge in [0, 0.05) is 42.2 Å². The van der Waals surface area contributed by atoms with Crippen molar-refractivity contribution < 1.29 is 0 Å². The average molecular weight is 276 g/mol. The summed E-state index contributed by atoms with van der Waals surface area (Å²) in [4.78, 5) is 7.17. The predicted octanol–water partition coefficient (Wildman–Crippen LogP) is 2.60. The number of aromatic nitrogens is 1. The number of halogens is 1. The van der Waals surface area contributed by atoms with Crippen molar-refractivity contribution in [2.75, 3.05) is 20.6 Å². The predicted molar refractivity (Wildman–Crippen MR) is 79.6 cm³/mol. The maximum atomic E-state index is 6.14. The van der Waals surface area contributed by atoms with E-state index in [0.29, 0.717) is 0 Å². The van der Waals surface area contributed by atoms with Crippen molar-refractivity contribution in [2.24, 2.45) is 0 Å². The molecule has 4 heteroatoms. The van der Waals surface area contributed by atoms with Crippen LogP contribution in [0.2, 0.25) is 5.02 Å². The van der Waals surface area contributed by atoms with Gasteiger partial charge >= 0.3 is 0 Å². The Morgan fingerprint density at radius 3 is 3.05 bits per heavy atom. The van der Waals surface area contributed by atoms with Crippen LogP contribution in [0.3, 0.4) is 0 Å². The van der Waals surface area contributed by atoms with Crippen LogP contribution in [-0.4, -0.2) is 30.5 Å². The molecular formula is C15H18ClN3. The van der Waals surface area contributed by atoms with E-state index in [1.165, 1.54) is 22.2 Å². The van der Waals surface area contributed by atoms with E-state index < -0.39 is 0 Å². The third-order valence-electron chi connectivity index (χ3n) is 3.76. The van der Waals surface area contributed by atoms with Gasteiger partial charge < -0.3 is 10.2 Å². The molecule has 0 spiro atoms. The van der Waals surface area contributed by atoms with Crippen molar-refractivity contribution in [3.05, 3.63) is 40.0 Å². The first-order valence-corrected chi connectivity index (χ1v) is 7.00. The Bertz CT molecular complexity index is 624. The van der Waals surface area contributed by atoms with Crippen LogP contribution in [0.25, 0.3) is 10.9 Å². The smallest absolute Gasteiger partial charge is 0.0709 e. The number of likely N-dealkylation sites (N-methyl/N-ethyl adjacent to an activating group) is 1. The first-order valence-electron chi connectivity index (χ1n) is 6.62. The van der Waals surface area contributed by atoms with Crippen LogP contribution in [0.4, 0.5) is 0 Å². The van der Waals surface area contributed by atoms with Crippen LogP contribution in [0.5, 0.6) is 0 Å². The summed E-state index contributed by atoms with van der Waals surface area (Å²) in [7, 11) is 4.14. The van der Waals surface area contributed by atoms with Crippen molar-refractivity contribution in [3.63, 3.8) is 0 Å². The van der Waals surface area contributed by atoms with Gasteiger partial charge in [0.25, 0.3) is 0 Å². The normalized spacial score (nSPS) is 15.7. The Morgan fingerprint density at radius 2 is 2.26 bits per heavy atom. The SMILES string of the molecule is CNCc1c2c(nc3ccc(Cl)cc13)CCN(C)C2. The fourth-order valence-corrected chi connectivity index (χ4v) is 2.99. The summed E-state index contributed by atoms with van der Waals surface area (Å²) in [6.45, 7) is 2.91. The number of rotatable bonds is 2. The highest BCUT2D eigenvalue weighted by molar-refractivity contribution is 6.31. The molecule has 0 unspecified atom stereocenters. The molecule has 0 saturated heterocycles. The summed E-state index contributed by atoms with van der Waals surface area (Å²) < 4.78 is 0. The molecule has 1 aromatic carbocycles. The van der Waals surface area contributed by atoms with Gasteiger partial charge in [0.15, 0.2) is 0 Å². The Balaban J connectivity index is 2.27. The average Bonchev–Trinajstić information content (AvgIpc) is 2.40. The first kappa shape index (κ1) is 12.9. The molecule has 100 valence electrons. The van der Waals surface area contributed by atoms with Crippen molar-refractivity contribution in [2.45, 2.75) is 19.5 Å². The minimum Gasteiger partial charge on any atom is -0.316 e. The van der Waals surface area contributed by atoms with Crippen LogP contribution < -0.4 is 5.32 Å². The summed E-state index contributed by atoms with van der Waals surface area (Å²) in [6, 6.07) is 5.97. The zero-order chi connectivity index (χ0) is 13.4. The molecule has 2 heterocycles. The van der Waals surface area contributed by atoms with Gasteiger partial charge in [-0.25, -0.2) is 0 Å².